The Hall–Kier alpha value is -3.19. The molecular weight excluding hydrogens is 529 g/mol. The molecule has 1 aliphatic rings. The van der Waals surface area contributed by atoms with Crippen LogP contribution in [-0.4, -0.2) is 37.2 Å². The fourth-order valence-corrected chi connectivity index (χ4v) is 6.00. The molecule has 8 nitrogen and oxygen atoms in total. The van der Waals surface area contributed by atoms with Gasteiger partial charge in [-0.2, -0.15) is 13.2 Å². The summed E-state index contributed by atoms with van der Waals surface area (Å²) in [6, 6.07) is 7.12. The number of benzene rings is 2. The van der Waals surface area contributed by atoms with E-state index >= 15 is 0 Å². The molecule has 13 heteroatoms. The number of aromatic nitrogens is 2. The highest BCUT2D eigenvalue weighted by molar-refractivity contribution is 7.93. The van der Waals surface area contributed by atoms with Crippen LogP contribution in [0.25, 0.3) is 0 Å². The molecule has 0 radical (unpaired) electrons. The van der Waals surface area contributed by atoms with E-state index in [0.717, 1.165) is 29.3 Å². The Bertz CT molecular complexity index is 1420. The second-order valence-electron chi connectivity index (χ2n) is 8.86. The first-order chi connectivity index (χ1) is 17.4. The average molecular weight is 555 g/mol. The van der Waals surface area contributed by atoms with Crippen LogP contribution >= 0.6 is 11.3 Å². The third-order valence-corrected chi connectivity index (χ3v) is 8.37. The van der Waals surface area contributed by atoms with Crippen molar-refractivity contribution in [3.05, 3.63) is 63.7 Å². The van der Waals surface area contributed by atoms with Crippen molar-refractivity contribution in [3.63, 3.8) is 0 Å². The van der Waals surface area contributed by atoms with Crippen LogP contribution in [-0.2, 0) is 29.0 Å². The molecule has 1 aromatic heterocycles. The molecule has 4 rings (SSSR count). The van der Waals surface area contributed by atoms with Crippen molar-refractivity contribution in [1.82, 2.24) is 15.5 Å². The number of halogens is 3. The molecule has 3 aromatic rings. The summed E-state index contributed by atoms with van der Waals surface area (Å²) in [5, 5.41) is 11.6. The van der Waals surface area contributed by atoms with Gasteiger partial charge < -0.3 is 10.1 Å². The molecule has 1 atom stereocenters. The zero-order valence-corrected chi connectivity index (χ0v) is 21.9. The fraction of sp³-hybridized carbons (Fsp3) is 0.375. The first-order valence-corrected chi connectivity index (χ1v) is 13.8. The van der Waals surface area contributed by atoms with Crippen LogP contribution in [0.15, 0.2) is 41.3 Å². The smallest absolute Gasteiger partial charge is 0.416 e. The molecule has 37 heavy (non-hydrogen) atoms. The number of anilines is 1. The van der Waals surface area contributed by atoms with Gasteiger partial charge in [0, 0.05) is 12.0 Å². The SMILES string of the molecule is CCOc1cc(C(F)(F)F)ccc1C(=O)NC1Cc2ccc(S(=O)(=O)Nc3nnc(C(C)C)s3)cc2C1. The second-order valence-corrected chi connectivity index (χ2v) is 11.5. The lowest BCUT2D eigenvalue weighted by atomic mass is 10.1. The molecular formula is C24H25F3N4O4S2. The van der Waals surface area contributed by atoms with Crippen molar-refractivity contribution < 1.29 is 31.1 Å². The highest BCUT2D eigenvalue weighted by Gasteiger charge is 2.32. The lowest BCUT2D eigenvalue weighted by molar-refractivity contribution is -0.137. The number of nitrogens with one attached hydrogen (secondary N) is 2. The highest BCUT2D eigenvalue weighted by atomic mass is 32.2. The van der Waals surface area contributed by atoms with Crippen LogP contribution in [0.3, 0.4) is 0 Å². The van der Waals surface area contributed by atoms with Gasteiger partial charge in [-0.25, -0.2) is 8.42 Å². The maximum absolute atomic E-state index is 13.1. The summed E-state index contributed by atoms with van der Waals surface area (Å²) in [5.41, 5.74) is 0.721. The number of sulfonamides is 1. The summed E-state index contributed by atoms with van der Waals surface area (Å²) in [5.74, 6) is -0.598. The molecule has 2 N–H and O–H groups in total. The van der Waals surface area contributed by atoms with Gasteiger partial charge in [0.05, 0.1) is 22.6 Å². The lowest BCUT2D eigenvalue weighted by Gasteiger charge is -2.16. The predicted octanol–water partition coefficient (Wildman–Crippen LogP) is 4.78. The van der Waals surface area contributed by atoms with E-state index in [1.54, 1.807) is 19.1 Å². The minimum absolute atomic E-state index is 0.00361. The number of hydrogen-bond donors (Lipinski definition) is 2. The quantitative estimate of drug-likeness (QED) is 0.415. The molecule has 0 fully saturated rings. The first-order valence-electron chi connectivity index (χ1n) is 11.5. The number of rotatable bonds is 8. The van der Waals surface area contributed by atoms with Crippen molar-refractivity contribution in [2.75, 3.05) is 11.3 Å². The first kappa shape index (κ1) is 26.9. The third-order valence-electron chi connectivity index (χ3n) is 5.77. The predicted molar refractivity (Wildman–Crippen MR) is 133 cm³/mol. The van der Waals surface area contributed by atoms with Crippen LogP contribution in [0.4, 0.5) is 18.3 Å². The van der Waals surface area contributed by atoms with Crippen molar-refractivity contribution in [3.8, 4) is 5.75 Å². The molecule has 1 aliphatic carbocycles. The Kier molecular flexibility index (Phi) is 7.47. The van der Waals surface area contributed by atoms with Gasteiger partial charge >= 0.3 is 6.18 Å². The normalized spacial score (nSPS) is 15.5. The molecule has 0 aliphatic heterocycles. The molecule has 2 aromatic carbocycles. The Morgan fingerprint density at radius 2 is 1.86 bits per heavy atom. The van der Waals surface area contributed by atoms with Gasteiger partial charge in [0.2, 0.25) is 5.13 Å². The summed E-state index contributed by atoms with van der Waals surface area (Å²) in [4.78, 5) is 13.0. The zero-order chi connectivity index (χ0) is 27.0. The summed E-state index contributed by atoms with van der Waals surface area (Å²) < 4.78 is 72.8. The molecule has 0 saturated carbocycles. The van der Waals surface area contributed by atoms with Crippen molar-refractivity contribution in [1.29, 1.82) is 0 Å². The van der Waals surface area contributed by atoms with E-state index in [9.17, 15) is 26.4 Å². The largest absolute Gasteiger partial charge is 0.493 e. The monoisotopic (exact) mass is 554 g/mol. The Morgan fingerprint density at radius 1 is 1.14 bits per heavy atom. The van der Waals surface area contributed by atoms with Gasteiger partial charge in [0.25, 0.3) is 15.9 Å². The molecule has 1 amide bonds. The molecule has 198 valence electrons. The molecule has 0 spiro atoms. The number of fused-ring (bicyclic) bond motifs is 1. The van der Waals surface area contributed by atoms with Gasteiger partial charge in [0.15, 0.2) is 0 Å². The van der Waals surface area contributed by atoms with E-state index in [4.69, 9.17) is 4.74 Å². The van der Waals surface area contributed by atoms with Gasteiger partial charge in [-0.1, -0.05) is 31.3 Å². The number of ether oxygens (including phenoxy) is 1. The topological polar surface area (TPSA) is 110 Å². The number of nitrogens with zero attached hydrogens (tertiary/aromatic N) is 2. The van der Waals surface area contributed by atoms with E-state index < -0.39 is 27.7 Å². The maximum Gasteiger partial charge on any atom is 0.416 e. The van der Waals surface area contributed by atoms with E-state index in [0.29, 0.717) is 17.8 Å². The average Bonchev–Trinajstić information content (AvgIpc) is 3.44. The van der Waals surface area contributed by atoms with Gasteiger partial charge in [-0.05, 0) is 61.2 Å². The second kappa shape index (κ2) is 10.3. The van der Waals surface area contributed by atoms with Gasteiger partial charge in [-0.15, -0.1) is 10.2 Å². The molecule has 1 heterocycles. The van der Waals surface area contributed by atoms with Crippen LogP contribution in [0.1, 0.15) is 58.7 Å². The zero-order valence-electron chi connectivity index (χ0n) is 20.2. The Morgan fingerprint density at radius 3 is 2.51 bits per heavy atom. The van der Waals surface area contributed by atoms with Crippen LogP contribution < -0.4 is 14.8 Å². The number of amides is 1. The van der Waals surface area contributed by atoms with E-state index in [2.05, 4.69) is 20.2 Å². The van der Waals surface area contributed by atoms with E-state index in [-0.39, 0.29) is 39.9 Å². The lowest BCUT2D eigenvalue weighted by Crippen LogP contribution is -2.35. The summed E-state index contributed by atoms with van der Waals surface area (Å²) in [6.45, 7) is 5.58. The van der Waals surface area contributed by atoms with E-state index in [1.807, 2.05) is 13.8 Å². The van der Waals surface area contributed by atoms with Crippen molar-refractivity contribution in [2.45, 2.75) is 56.6 Å². The number of carbonyl (C=O) groups excluding carboxylic acids is 1. The van der Waals surface area contributed by atoms with Crippen molar-refractivity contribution in [2.24, 2.45) is 0 Å². The van der Waals surface area contributed by atoms with Crippen LogP contribution in [0.5, 0.6) is 5.75 Å². The summed E-state index contributed by atoms with van der Waals surface area (Å²) in [6.07, 6.45) is -3.74. The van der Waals surface area contributed by atoms with E-state index in [1.165, 1.54) is 17.4 Å². The fourth-order valence-electron chi connectivity index (χ4n) is 3.97. The Balaban J connectivity index is 1.47. The molecule has 0 saturated heterocycles. The Labute approximate surface area is 216 Å². The number of carbonyl (C=O) groups is 1. The van der Waals surface area contributed by atoms with Crippen molar-refractivity contribution >= 4 is 32.4 Å². The molecule has 0 bridgehead atoms. The minimum atomic E-state index is -4.56. The highest BCUT2D eigenvalue weighted by Crippen LogP contribution is 2.34. The number of hydrogen-bond acceptors (Lipinski definition) is 7. The third kappa shape index (κ3) is 6.04. The summed E-state index contributed by atoms with van der Waals surface area (Å²) in [7, 11) is -3.90. The maximum atomic E-state index is 13.1. The van der Waals surface area contributed by atoms with Gasteiger partial charge in [0.1, 0.15) is 10.8 Å². The minimum Gasteiger partial charge on any atom is -0.493 e. The van der Waals surface area contributed by atoms with Gasteiger partial charge in [-0.3, -0.25) is 9.52 Å². The van der Waals surface area contributed by atoms with Crippen LogP contribution in [0.2, 0.25) is 0 Å². The summed E-state index contributed by atoms with van der Waals surface area (Å²) >= 11 is 1.17. The number of alkyl halides is 3. The standard InChI is InChI=1S/C24H25F3N4O4S2/c1-4-35-20-12-16(24(25,26)27)6-8-19(20)21(32)28-17-9-14-5-7-18(11-15(14)10-17)37(33,34)31-23-30-29-22(36-23)13(2)3/h5-8,11-13,17H,4,9-10H2,1-3H3,(H,28,32)(H,30,31). The van der Waals surface area contributed by atoms with Crippen LogP contribution in [0, 0.1) is 0 Å². The molecule has 1 unspecified atom stereocenters.